The molecule has 28 heavy (non-hydrogen) atoms. The predicted octanol–water partition coefficient (Wildman–Crippen LogP) is 1.75. The zero-order chi connectivity index (χ0) is 20.5. The molecule has 0 saturated carbocycles. The molecule has 0 bridgehead atoms. The number of hydrogen-bond donors (Lipinski definition) is 2. The smallest absolute Gasteiger partial charge is 0.321 e. The second-order valence-corrected chi connectivity index (χ2v) is 6.65. The van der Waals surface area contributed by atoms with Gasteiger partial charge in [0.25, 0.3) is 0 Å². The molecule has 2 rings (SSSR count). The number of carbonyl (C=O) groups excluding carboxylic acids is 2. The highest BCUT2D eigenvalue weighted by Gasteiger charge is 2.20. The lowest BCUT2D eigenvalue weighted by atomic mass is 10.3. The molecule has 0 aliphatic rings. The molecule has 11 heteroatoms. The van der Waals surface area contributed by atoms with E-state index in [0.29, 0.717) is 17.6 Å². The Balaban J connectivity index is 2.11. The Morgan fingerprint density at radius 2 is 2.07 bits per heavy atom. The number of aromatic nitrogens is 3. The summed E-state index contributed by atoms with van der Waals surface area (Å²) in [5, 5.41) is 13.1. The minimum Gasteiger partial charge on any atom is -0.483 e. The molecule has 0 unspecified atom stereocenters. The van der Waals surface area contributed by atoms with Crippen LogP contribution in [0, 0.1) is 5.82 Å². The number of amides is 3. The van der Waals surface area contributed by atoms with E-state index in [0.717, 1.165) is 11.8 Å². The number of benzene rings is 1. The molecule has 3 amide bonds. The largest absolute Gasteiger partial charge is 0.483 e. The zero-order valence-corrected chi connectivity index (χ0v) is 16.6. The molecule has 9 nitrogen and oxygen atoms in total. The number of halogens is 1. The minimum atomic E-state index is -0.584. The van der Waals surface area contributed by atoms with E-state index in [4.69, 9.17) is 9.47 Å². The lowest BCUT2D eigenvalue weighted by Gasteiger charge is -2.17. The van der Waals surface area contributed by atoms with Crippen LogP contribution >= 0.6 is 11.8 Å². The molecule has 1 atom stereocenters. The number of nitrogens with one attached hydrogen (secondary N) is 2. The first kappa shape index (κ1) is 21.6. The molecule has 2 N–H and O–H groups in total. The van der Waals surface area contributed by atoms with Gasteiger partial charge in [0.05, 0.1) is 18.4 Å². The molecule has 0 aliphatic carbocycles. The summed E-state index contributed by atoms with van der Waals surface area (Å²) < 4.78 is 26.2. The molecular formula is C17H22FN5O4S. The first-order chi connectivity index (χ1) is 13.5. The molecule has 1 aromatic heterocycles. The van der Waals surface area contributed by atoms with Crippen LogP contribution in [0.15, 0.2) is 29.4 Å². The van der Waals surface area contributed by atoms with Crippen LogP contribution in [0.25, 0.3) is 0 Å². The number of ether oxygens (including phenoxy) is 2. The number of urea groups is 1. The third-order valence-electron chi connectivity index (χ3n) is 3.59. The first-order valence-corrected chi connectivity index (χ1v) is 9.39. The molecule has 0 saturated heterocycles. The Kier molecular flexibility index (Phi) is 8.20. The van der Waals surface area contributed by atoms with E-state index in [9.17, 15) is 14.0 Å². The summed E-state index contributed by atoms with van der Waals surface area (Å²) in [4.78, 5) is 23.0. The van der Waals surface area contributed by atoms with Crippen molar-refractivity contribution in [2.24, 2.45) is 0 Å². The van der Waals surface area contributed by atoms with E-state index < -0.39 is 17.8 Å². The highest BCUT2D eigenvalue weighted by atomic mass is 32.2. The van der Waals surface area contributed by atoms with Gasteiger partial charge in [-0.15, -0.1) is 10.2 Å². The van der Waals surface area contributed by atoms with Crippen LogP contribution in [-0.2, 0) is 16.1 Å². The maximum Gasteiger partial charge on any atom is 0.321 e. The summed E-state index contributed by atoms with van der Waals surface area (Å²) >= 11 is 1.12. The van der Waals surface area contributed by atoms with Crippen molar-refractivity contribution < 1.29 is 23.5 Å². The third kappa shape index (κ3) is 5.92. The quantitative estimate of drug-likeness (QED) is 0.605. The monoisotopic (exact) mass is 411 g/mol. The second kappa shape index (κ2) is 10.6. The minimum absolute atomic E-state index is 0.00696. The fraction of sp³-hybridized carbons (Fsp3) is 0.412. The molecule has 0 aliphatic heterocycles. The Bertz CT molecular complexity index is 817. The first-order valence-electron chi connectivity index (χ1n) is 8.40. The van der Waals surface area contributed by atoms with Gasteiger partial charge in [-0.05, 0) is 19.1 Å². The molecule has 0 radical (unpaired) electrons. The van der Waals surface area contributed by atoms with Crippen molar-refractivity contribution in [2.75, 3.05) is 26.5 Å². The number of hydrogen-bond acceptors (Lipinski definition) is 7. The van der Waals surface area contributed by atoms with Crippen LogP contribution in [-0.4, -0.2) is 53.2 Å². The van der Waals surface area contributed by atoms with Gasteiger partial charge in [0.2, 0.25) is 5.91 Å². The van der Waals surface area contributed by atoms with E-state index in [1.807, 2.05) is 6.92 Å². The molecule has 1 aromatic carbocycles. The topological polar surface area (TPSA) is 107 Å². The molecule has 1 heterocycles. The van der Waals surface area contributed by atoms with Gasteiger partial charge >= 0.3 is 6.03 Å². The Hall–Kier alpha value is -2.66. The highest BCUT2D eigenvalue weighted by molar-refractivity contribution is 7.99. The normalized spacial score (nSPS) is 11.7. The van der Waals surface area contributed by atoms with Crippen LogP contribution in [0.4, 0.5) is 9.18 Å². The van der Waals surface area contributed by atoms with Crippen LogP contribution in [0.3, 0.4) is 0 Å². The van der Waals surface area contributed by atoms with Gasteiger partial charge in [-0.3, -0.25) is 14.7 Å². The van der Waals surface area contributed by atoms with Gasteiger partial charge in [-0.25, -0.2) is 9.18 Å². The average molecular weight is 411 g/mol. The van der Waals surface area contributed by atoms with Gasteiger partial charge in [0.15, 0.2) is 22.5 Å². The van der Waals surface area contributed by atoms with Crippen LogP contribution < -0.4 is 15.4 Å². The summed E-state index contributed by atoms with van der Waals surface area (Å²) in [6.07, 6.45) is 0. The number of methoxy groups -OCH3 is 1. The SMILES string of the molecule is CNC(=O)NC(=O)CSc1nnc(COc2ccccc2F)n1[C@@H](C)COC. The second-order valence-electron chi connectivity index (χ2n) is 5.71. The zero-order valence-electron chi connectivity index (χ0n) is 15.8. The molecule has 152 valence electrons. The summed E-state index contributed by atoms with van der Waals surface area (Å²) in [6.45, 7) is 2.27. The number of para-hydroxylation sites is 1. The Morgan fingerprint density at radius 3 is 2.75 bits per heavy atom. The van der Waals surface area contributed by atoms with E-state index >= 15 is 0 Å². The fourth-order valence-electron chi connectivity index (χ4n) is 2.32. The number of carbonyl (C=O) groups is 2. The van der Waals surface area contributed by atoms with Crippen LogP contribution in [0.5, 0.6) is 5.75 Å². The van der Waals surface area contributed by atoms with Crippen molar-refractivity contribution in [3.8, 4) is 5.75 Å². The van der Waals surface area contributed by atoms with Crippen molar-refractivity contribution in [1.29, 1.82) is 0 Å². The predicted molar refractivity (Wildman–Crippen MR) is 101 cm³/mol. The van der Waals surface area contributed by atoms with E-state index in [1.54, 1.807) is 23.8 Å². The number of thioether (sulfide) groups is 1. The van der Waals surface area contributed by atoms with E-state index in [1.165, 1.54) is 19.2 Å². The lowest BCUT2D eigenvalue weighted by Crippen LogP contribution is -2.38. The molecular weight excluding hydrogens is 389 g/mol. The van der Waals surface area contributed by atoms with Crippen molar-refractivity contribution in [2.45, 2.75) is 24.7 Å². The summed E-state index contributed by atoms with van der Waals surface area (Å²) in [7, 11) is 2.99. The number of nitrogens with zero attached hydrogens (tertiary/aromatic N) is 3. The molecule has 2 aromatic rings. The third-order valence-corrected chi connectivity index (χ3v) is 4.53. The van der Waals surface area contributed by atoms with Crippen LogP contribution in [0.2, 0.25) is 0 Å². The average Bonchev–Trinajstić information content (AvgIpc) is 3.08. The maximum atomic E-state index is 13.8. The number of rotatable bonds is 9. The Labute approximate surface area is 166 Å². The molecule has 0 spiro atoms. The van der Waals surface area contributed by atoms with Gasteiger partial charge in [0.1, 0.15) is 6.61 Å². The molecule has 0 fully saturated rings. The van der Waals surface area contributed by atoms with Gasteiger partial charge in [-0.2, -0.15) is 0 Å². The number of imide groups is 1. The maximum absolute atomic E-state index is 13.8. The summed E-state index contributed by atoms with van der Waals surface area (Å²) in [5.74, 6) is -0.404. The van der Waals surface area contributed by atoms with Crippen molar-refractivity contribution in [1.82, 2.24) is 25.4 Å². The standard InChI is InChI=1S/C17H22FN5O4S/c1-11(8-26-3)23-14(9-27-13-7-5-4-6-12(13)18)21-22-17(23)28-10-15(24)20-16(25)19-2/h4-7,11H,8-10H2,1-3H3,(H2,19,20,24,25)/t11-/m0/s1. The van der Waals surface area contributed by atoms with Crippen LogP contribution in [0.1, 0.15) is 18.8 Å². The van der Waals surface area contributed by atoms with Gasteiger partial charge < -0.3 is 14.8 Å². The van der Waals surface area contributed by atoms with Gasteiger partial charge in [-0.1, -0.05) is 23.9 Å². The van der Waals surface area contributed by atoms with Crippen molar-refractivity contribution >= 4 is 23.7 Å². The fourth-order valence-corrected chi connectivity index (χ4v) is 3.18. The Morgan fingerprint density at radius 1 is 1.32 bits per heavy atom. The van der Waals surface area contributed by atoms with E-state index in [-0.39, 0.29) is 24.2 Å². The lowest BCUT2D eigenvalue weighted by molar-refractivity contribution is -0.117. The van der Waals surface area contributed by atoms with Crippen molar-refractivity contribution in [3.63, 3.8) is 0 Å². The summed E-state index contributed by atoms with van der Waals surface area (Å²) in [5.41, 5.74) is 0. The summed E-state index contributed by atoms with van der Waals surface area (Å²) in [6, 6.07) is 5.34. The van der Waals surface area contributed by atoms with E-state index in [2.05, 4.69) is 20.8 Å². The van der Waals surface area contributed by atoms with Gasteiger partial charge in [0, 0.05) is 14.2 Å². The van der Waals surface area contributed by atoms with Crippen molar-refractivity contribution in [3.05, 3.63) is 35.9 Å². The highest BCUT2D eigenvalue weighted by Crippen LogP contribution is 2.23.